The summed E-state index contributed by atoms with van der Waals surface area (Å²) in [4.78, 5) is 0. The molecule has 0 spiro atoms. The molecule has 1 fully saturated rings. The third-order valence-electron chi connectivity index (χ3n) is 2.47. The first kappa shape index (κ1) is 14.4. The number of ether oxygens (including phenoxy) is 1. The lowest BCUT2D eigenvalue weighted by molar-refractivity contribution is 0.0725. The zero-order valence-electron chi connectivity index (χ0n) is 9.81. The lowest BCUT2D eigenvalue weighted by Crippen LogP contribution is -2.46. The average molecular weight is 264 g/mol. The van der Waals surface area contributed by atoms with Crippen LogP contribution in [-0.4, -0.2) is 51.4 Å². The van der Waals surface area contributed by atoms with Gasteiger partial charge < -0.3 is 10.5 Å². The number of morpholine rings is 1. The van der Waals surface area contributed by atoms with Gasteiger partial charge in [-0.05, 0) is 12.8 Å². The van der Waals surface area contributed by atoms with Crippen molar-refractivity contribution in [1.82, 2.24) is 9.03 Å². The van der Waals surface area contributed by atoms with Crippen molar-refractivity contribution in [1.29, 1.82) is 5.41 Å². The van der Waals surface area contributed by atoms with Crippen molar-refractivity contribution in [3.05, 3.63) is 0 Å². The van der Waals surface area contributed by atoms with Crippen LogP contribution in [-0.2, 0) is 14.9 Å². The lowest BCUT2D eigenvalue weighted by atomic mass is 10.2. The molecule has 0 unspecified atom stereocenters. The summed E-state index contributed by atoms with van der Waals surface area (Å²) < 4.78 is 32.6. The Balaban J connectivity index is 2.22. The first-order valence-corrected chi connectivity index (χ1v) is 7.12. The standard InChI is InChI=1S/C9H20N4O3S/c10-9(11)3-1-2-4-12-17(14,15)13-5-7-16-8-6-13/h12H,1-8H2,(H3,10,11). The highest BCUT2D eigenvalue weighted by Crippen LogP contribution is 2.03. The second-order valence-corrected chi connectivity index (χ2v) is 5.65. The van der Waals surface area contributed by atoms with Crippen molar-refractivity contribution in [2.24, 2.45) is 5.73 Å². The summed E-state index contributed by atoms with van der Waals surface area (Å²) in [6.45, 7) is 2.09. The Morgan fingerprint density at radius 1 is 1.35 bits per heavy atom. The van der Waals surface area contributed by atoms with Crippen molar-refractivity contribution in [3.8, 4) is 0 Å². The summed E-state index contributed by atoms with van der Waals surface area (Å²) in [6, 6.07) is 0. The topological polar surface area (TPSA) is 109 Å². The Hall–Kier alpha value is -0.700. The van der Waals surface area contributed by atoms with Crippen molar-refractivity contribution >= 4 is 16.0 Å². The third-order valence-corrected chi connectivity index (χ3v) is 4.08. The SMILES string of the molecule is N=C(N)CCCCNS(=O)(=O)N1CCOCC1. The van der Waals surface area contributed by atoms with Crippen LogP contribution in [0, 0.1) is 5.41 Å². The fourth-order valence-corrected chi connectivity index (χ4v) is 2.73. The largest absolute Gasteiger partial charge is 0.388 e. The van der Waals surface area contributed by atoms with Crippen LogP contribution in [0.4, 0.5) is 0 Å². The predicted octanol–water partition coefficient (Wildman–Crippen LogP) is -0.741. The van der Waals surface area contributed by atoms with E-state index in [1.54, 1.807) is 0 Å². The highest BCUT2D eigenvalue weighted by molar-refractivity contribution is 7.87. The van der Waals surface area contributed by atoms with Gasteiger partial charge >= 0.3 is 0 Å². The summed E-state index contributed by atoms with van der Waals surface area (Å²) in [7, 11) is -3.37. The normalized spacial score (nSPS) is 18.1. The van der Waals surface area contributed by atoms with Crippen LogP contribution in [0.2, 0.25) is 0 Å². The van der Waals surface area contributed by atoms with Crippen molar-refractivity contribution in [3.63, 3.8) is 0 Å². The van der Waals surface area contributed by atoms with Gasteiger partial charge in [-0.25, -0.2) is 4.72 Å². The number of hydrogen-bond acceptors (Lipinski definition) is 4. The molecule has 17 heavy (non-hydrogen) atoms. The van der Waals surface area contributed by atoms with Crippen molar-refractivity contribution in [2.45, 2.75) is 19.3 Å². The molecule has 1 aliphatic rings. The maximum atomic E-state index is 11.8. The smallest absolute Gasteiger partial charge is 0.279 e. The molecule has 0 amide bonds. The molecular formula is C9H20N4O3S. The summed E-state index contributed by atoms with van der Waals surface area (Å²) in [5, 5.41) is 7.03. The quantitative estimate of drug-likeness (QED) is 0.319. The van der Waals surface area contributed by atoms with Gasteiger partial charge in [0.2, 0.25) is 0 Å². The second-order valence-electron chi connectivity index (χ2n) is 3.89. The van der Waals surface area contributed by atoms with E-state index in [1.807, 2.05) is 0 Å². The molecule has 1 rings (SSSR count). The van der Waals surface area contributed by atoms with E-state index in [2.05, 4.69) is 4.72 Å². The van der Waals surface area contributed by atoms with E-state index >= 15 is 0 Å². The van der Waals surface area contributed by atoms with Crippen LogP contribution in [0.1, 0.15) is 19.3 Å². The predicted molar refractivity (Wildman–Crippen MR) is 65.1 cm³/mol. The number of unbranched alkanes of at least 4 members (excludes halogenated alkanes) is 1. The van der Waals surface area contributed by atoms with Gasteiger partial charge in [0.25, 0.3) is 10.2 Å². The van der Waals surface area contributed by atoms with Gasteiger partial charge in [-0.3, -0.25) is 5.41 Å². The number of nitrogens with two attached hydrogens (primary N) is 1. The maximum absolute atomic E-state index is 11.8. The summed E-state index contributed by atoms with van der Waals surface area (Å²) in [5.74, 6) is 0.140. The van der Waals surface area contributed by atoms with E-state index in [-0.39, 0.29) is 5.84 Å². The van der Waals surface area contributed by atoms with Crippen LogP contribution in [0.3, 0.4) is 0 Å². The number of nitrogens with zero attached hydrogens (tertiary/aromatic N) is 1. The molecule has 100 valence electrons. The first-order chi connectivity index (χ1) is 8.02. The molecule has 0 radical (unpaired) electrons. The molecule has 0 aromatic rings. The Kier molecular flexibility index (Phi) is 5.83. The molecular weight excluding hydrogens is 244 g/mol. The zero-order chi connectivity index (χ0) is 12.7. The van der Waals surface area contributed by atoms with Crippen LogP contribution < -0.4 is 10.5 Å². The third kappa shape index (κ3) is 5.44. The fourth-order valence-electron chi connectivity index (χ4n) is 1.52. The molecule has 0 bridgehead atoms. The van der Waals surface area contributed by atoms with Gasteiger partial charge in [-0.2, -0.15) is 12.7 Å². The molecule has 1 aliphatic heterocycles. The maximum Gasteiger partial charge on any atom is 0.279 e. The molecule has 0 aromatic heterocycles. The highest BCUT2D eigenvalue weighted by Gasteiger charge is 2.23. The second kappa shape index (κ2) is 6.90. The molecule has 0 aliphatic carbocycles. The Labute approximate surface area is 102 Å². The molecule has 0 aromatic carbocycles. The Morgan fingerprint density at radius 3 is 2.59 bits per heavy atom. The minimum Gasteiger partial charge on any atom is -0.388 e. The lowest BCUT2D eigenvalue weighted by Gasteiger charge is -2.26. The molecule has 4 N–H and O–H groups in total. The Bertz CT molecular complexity index is 338. The summed E-state index contributed by atoms with van der Waals surface area (Å²) in [6.07, 6.45) is 1.92. The van der Waals surface area contributed by atoms with Crippen LogP contribution in [0.25, 0.3) is 0 Å². The summed E-state index contributed by atoms with van der Waals surface area (Å²) >= 11 is 0. The van der Waals surface area contributed by atoms with Gasteiger partial charge in [0.1, 0.15) is 0 Å². The van der Waals surface area contributed by atoms with E-state index in [0.717, 1.165) is 6.42 Å². The Morgan fingerprint density at radius 2 is 2.00 bits per heavy atom. The number of rotatable bonds is 7. The molecule has 8 heteroatoms. The van der Waals surface area contributed by atoms with Crippen molar-refractivity contribution < 1.29 is 13.2 Å². The minimum atomic E-state index is -3.37. The van der Waals surface area contributed by atoms with E-state index in [9.17, 15) is 8.42 Å². The van der Waals surface area contributed by atoms with Gasteiger partial charge in [0, 0.05) is 26.1 Å². The van der Waals surface area contributed by atoms with Gasteiger partial charge in [-0.15, -0.1) is 0 Å². The van der Waals surface area contributed by atoms with Crippen molar-refractivity contribution in [2.75, 3.05) is 32.8 Å². The first-order valence-electron chi connectivity index (χ1n) is 5.68. The van der Waals surface area contributed by atoms with Gasteiger partial charge in [0.05, 0.1) is 19.0 Å². The highest BCUT2D eigenvalue weighted by atomic mass is 32.2. The molecule has 1 heterocycles. The van der Waals surface area contributed by atoms with Crippen LogP contribution in [0.15, 0.2) is 0 Å². The fraction of sp³-hybridized carbons (Fsp3) is 0.889. The zero-order valence-corrected chi connectivity index (χ0v) is 10.6. The number of nitrogens with one attached hydrogen (secondary N) is 2. The number of hydrogen-bond donors (Lipinski definition) is 3. The van der Waals surface area contributed by atoms with E-state index in [0.29, 0.717) is 45.7 Å². The monoisotopic (exact) mass is 264 g/mol. The van der Waals surface area contributed by atoms with E-state index < -0.39 is 10.2 Å². The summed E-state index contributed by atoms with van der Waals surface area (Å²) in [5.41, 5.74) is 5.20. The molecule has 1 saturated heterocycles. The average Bonchev–Trinajstić information content (AvgIpc) is 2.29. The minimum absolute atomic E-state index is 0.140. The molecule has 0 saturated carbocycles. The van der Waals surface area contributed by atoms with Gasteiger partial charge in [-0.1, -0.05) is 0 Å². The molecule has 0 atom stereocenters. The van der Waals surface area contributed by atoms with E-state index in [4.69, 9.17) is 15.9 Å². The van der Waals surface area contributed by atoms with Crippen LogP contribution in [0.5, 0.6) is 0 Å². The number of amidine groups is 1. The van der Waals surface area contributed by atoms with Gasteiger partial charge in [0.15, 0.2) is 0 Å². The van der Waals surface area contributed by atoms with E-state index in [1.165, 1.54) is 4.31 Å². The molecule has 7 nitrogen and oxygen atoms in total. The van der Waals surface area contributed by atoms with Crippen LogP contribution >= 0.6 is 0 Å².